The molecule has 1 aliphatic heterocycles. The number of furan rings is 1. The van der Waals surface area contributed by atoms with Gasteiger partial charge >= 0.3 is 5.97 Å². The lowest BCUT2D eigenvalue weighted by molar-refractivity contribution is -0.0585. The lowest BCUT2D eigenvalue weighted by Crippen LogP contribution is -2.32. The number of aryl methyl sites for hydroxylation is 1. The van der Waals surface area contributed by atoms with Crippen LogP contribution in [-0.4, -0.2) is 22.8 Å². The van der Waals surface area contributed by atoms with Crippen LogP contribution < -0.4 is 0 Å². The van der Waals surface area contributed by atoms with Gasteiger partial charge in [-0.1, -0.05) is 38.0 Å². The van der Waals surface area contributed by atoms with Gasteiger partial charge in [0.2, 0.25) is 0 Å². The maximum Gasteiger partial charge on any atom is 0.367 e. The second kappa shape index (κ2) is 5.33. The van der Waals surface area contributed by atoms with Crippen molar-refractivity contribution in [3.05, 3.63) is 58.5 Å². The number of amides is 2. The van der Waals surface area contributed by atoms with Crippen molar-refractivity contribution >= 4 is 17.8 Å². The lowest BCUT2D eigenvalue weighted by Gasteiger charge is -2.13. The van der Waals surface area contributed by atoms with Crippen molar-refractivity contribution < 1.29 is 23.6 Å². The molecule has 2 heterocycles. The number of hydroxylamine groups is 2. The number of fused-ring (bicyclic) bond motifs is 1. The third kappa shape index (κ3) is 2.50. The molecule has 0 saturated heterocycles. The van der Waals surface area contributed by atoms with Crippen LogP contribution in [0.3, 0.4) is 0 Å². The number of nitrogens with zero attached hydrogens (tertiary/aromatic N) is 1. The zero-order chi connectivity index (χ0) is 17.6. The van der Waals surface area contributed by atoms with E-state index >= 15 is 0 Å². The van der Waals surface area contributed by atoms with Crippen molar-refractivity contribution in [2.45, 2.75) is 33.1 Å². The first-order chi connectivity index (χ1) is 11.2. The molecule has 0 saturated carbocycles. The highest BCUT2D eigenvalue weighted by Crippen LogP contribution is 2.28. The summed E-state index contributed by atoms with van der Waals surface area (Å²) in [6.45, 7) is 7.48. The van der Waals surface area contributed by atoms with Gasteiger partial charge in [-0.3, -0.25) is 9.59 Å². The van der Waals surface area contributed by atoms with Crippen molar-refractivity contribution in [1.29, 1.82) is 0 Å². The summed E-state index contributed by atoms with van der Waals surface area (Å²) in [5, 5.41) is 0.496. The van der Waals surface area contributed by atoms with Crippen molar-refractivity contribution in [3.8, 4) is 0 Å². The van der Waals surface area contributed by atoms with Crippen molar-refractivity contribution in [2.24, 2.45) is 0 Å². The molecule has 6 nitrogen and oxygen atoms in total. The molecule has 0 bridgehead atoms. The molecule has 2 aromatic rings. The largest absolute Gasteiger partial charge is 0.465 e. The number of rotatable bonds is 2. The number of carbonyl (C=O) groups is 3. The summed E-state index contributed by atoms with van der Waals surface area (Å²) < 4.78 is 5.59. The molecular weight excluding hydrogens is 310 g/mol. The van der Waals surface area contributed by atoms with E-state index in [9.17, 15) is 14.4 Å². The summed E-state index contributed by atoms with van der Waals surface area (Å²) in [5.74, 6) is -1.11. The van der Waals surface area contributed by atoms with Crippen molar-refractivity contribution in [3.63, 3.8) is 0 Å². The fourth-order valence-corrected chi connectivity index (χ4v) is 2.44. The van der Waals surface area contributed by atoms with E-state index < -0.39 is 17.8 Å². The summed E-state index contributed by atoms with van der Waals surface area (Å²) in [6, 6.07) is 7.90. The molecule has 0 fully saturated rings. The normalized spacial score (nSPS) is 14.1. The first-order valence-electron chi connectivity index (χ1n) is 7.51. The predicted octanol–water partition coefficient (Wildman–Crippen LogP) is 3.25. The molecule has 0 radical (unpaired) electrons. The van der Waals surface area contributed by atoms with Gasteiger partial charge in [0, 0.05) is 5.41 Å². The molecule has 6 heteroatoms. The average Bonchev–Trinajstić information content (AvgIpc) is 3.02. The van der Waals surface area contributed by atoms with Gasteiger partial charge in [-0.15, -0.1) is 0 Å². The smallest absolute Gasteiger partial charge is 0.367 e. The van der Waals surface area contributed by atoms with Crippen LogP contribution in [0, 0.1) is 6.92 Å². The van der Waals surface area contributed by atoms with Crippen molar-refractivity contribution in [1.82, 2.24) is 5.06 Å². The molecule has 0 spiro atoms. The molecule has 2 amide bonds. The Kier molecular flexibility index (Phi) is 3.55. The Morgan fingerprint density at radius 1 is 1.08 bits per heavy atom. The predicted molar refractivity (Wildman–Crippen MR) is 84.5 cm³/mol. The third-order valence-corrected chi connectivity index (χ3v) is 3.81. The highest BCUT2D eigenvalue weighted by Gasteiger charge is 2.39. The molecule has 1 aromatic carbocycles. The van der Waals surface area contributed by atoms with Gasteiger partial charge in [-0.05, 0) is 25.1 Å². The molecule has 1 aromatic heterocycles. The van der Waals surface area contributed by atoms with Gasteiger partial charge in [0.25, 0.3) is 11.8 Å². The van der Waals surface area contributed by atoms with Gasteiger partial charge in [-0.2, -0.15) is 0 Å². The highest BCUT2D eigenvalue weighted by molar-refractivity contribution is 6.21. The Hall–Kier alpha value is -2.89. The summed E-state index contributed by atoms with van der Waals surface area (Å²) in [5.41, 5.74) is 0.347. The fraction of sp³-hybridized carbons (Fsp3) is 0.278. The van der Waals surface area contributed by atoms with Gasteiger partial charge in [0.15, 0.2) is 0 Å². The average molecular weight is 327 g/mol. The molecule has 3 rings (SSSR count). The second-order valence-corrected chi connectivity index (χ2v) is 6.66. The van der Waals surface area contributed by atoms with Crippen LogP contribution in [0.4, 0.5) is 0 Å². The van der Waals surface area contributed by atoms with Gasteiger partial charge < -0.3 is 9.25 Å². The Morgan fingerprint density at radius 3 is 2.08 bits per heavy atom. The molecule has 124 valence electrons. The van der Waals surface area contributed by atoms with E-state index in [-0.39, 0.29) is 22.1 Å². The zero-order valence-electron chi connectivity index (χ0n) is 13.9. The minimum absolute atomic E-state index is 0.191. The van der Waals surface area contributed by atoms with Crippen LogP contribution in [0.2, 0.25) is 0 Å². The number of benzene rings is 1. The standard InChI is InChI=1S/C18H17NO5/c1-10-13(9-14(23-10)18(2,3)4)17(22)24-19-15(20)11-7-5-6-8-12(11)16(19)21/h5-9H,1-4H3. The van der Waals surface area contributed by atoms with Gasteiger partial charge in [0.1, 0.15) is 17.1 Å². The van der Waals surface area contributed by atoms with Gasteiger partial charge in [-0.25, -0.2) is 4.79 Å². The molecule has 0 atom stereocenters. The summed E-state index contributed by atoms with van der Waals surface area (Å²) in [7, 11) is 0. The van der Waals surface area contributed by atoms with E-state index in [0.29, 0.717) is 16.6 Å². The molecule has 24 heavy (non-hydrogen) atoms. The molecular formula is C18H17NO5. The minimum Gasteiger partial charge on any atom is -0.465 e. The monoisotopic (exact) mass is 327 g/mol. The maximum atomic E-state index is 12.4. The molecule has 0 N–H and O–H groups in total. The Bertz CT molecular complexity index is 822. The van der Waals surface area contributed by atoms with E-state index in [2.05, 4.69) is 0 Å². The first kappa shape index (κ1) is 16.0. The van der Waals surface area contributed by atoms with E-state index in [0.717, 1.165) is 0 Å². The number of hydrogen-bond acceptors (Lipinski definition) is 5. The molecule has 0 unspecified atom stereocenters. The zero-order valence-corrected chi connectivity index (χ0v) is 13.9. The second-order valence-electron chi connectivity index (χ2n) is 6.66. The third-order valence-electron chi connectivity index (χ3n) is 3.81. The van der Waals surface area contributed by atoms with Crippen LogP contribution in [0.1, 0.15) is 63.4 Å². The van der Waals surface area contributed by atoms with Crippen LogP contribution >= 0.6 is 0 Å². The number of hydrogen-bond donors (Lipinski definition) is 0. The summed E-state index contributed by atoms with van der Waals surface area (Å²) in [6.07, 6.45) is 0. The first-order valence-corrected chi connectivity index (χ1v) is 7.51. The van der Waals surface area contributed by atoms with Crippen LogP contribution in [0.25, 0.3) is 0 Å². The SMILES string of the molecule is Cc1oc(C(C)(C)C)cc1C(=O)ON1C(=O)c2ccccc2C1=O. The van der Waals surface area contributed by atoms with Crippen LogP contribution in [-0.2, 0) is 10.3 Å². The summed E-state index contributed by atoms with van der Waals surface area (Å²) >= 11 is 0. The minimum atomic E-state index is -0.804. The van der Waals surface area contributed by atoms with E-state index in [1.165, 1.54) is 12.1 Å². The Labute approximate surface area is 139 Å². The van der Waals surface area contributed by atoms with Crippen LogP contribution in [0.5, 0.6) is 0 Å². The molecule has 0 aliphatic carbocycles. The summed E-state index contributed by atoms with van der Waals surface area (Å²) in [4.78, 5) is 41.9. The number of carbonyl (C=O) groups excluding carboxylic acids is 3. The quantitative estimate of drug-likeness (QED) is 0.791. The topological polar surface area (TPSA) is 76.8 Å². The fourth-order valence-electron chi connectivity index (χ4n) is 2.44. The van der Waals surface area contributed by atoms with E-state index in [4.69, 9.17) is 9.25 Å². The van der Waals surface area contributed by atoms with Gasteiger partial charge in [0.05, 0.1) is 11.1 Å². The maximum absolute atomic E-state index is 12.4. The van der Waals surface area contributed by atoms with Crippen molar-refractivity contribution in [2.75, 3.05) is 0 Å². The van der Waals surface area contributed by atoms with E-state index in [1.807, 2.05) is 20.8 Å². The Morgan fingerprint density at radius 2 is 1.62 bits per heavy atom. The highest BCUT2D eigenvalue weighted by atomic mass is 16.7. The molecule has 1 aliphatic rings. The van der Waals surface area contributed by atoms with Crippen LogP contribution in [0.15, 0.2) is 34.7 Å². The number of imide groups is 1. The lowest BCUT2D eigenvalue weighted by atomic mass is 9.93. The Balaban J connectivity index is 1.86. The van der Waals surface area contributed by atoms with E-state index in [1.54, 1.807) is 25.1 Å².